The molecule has 3 aliphatic rings. The van der Waals surface area contributed by atoms with E-state index in [2.05, 4.69) is 9.88 Å². The molecule has 1 amide bonds. The van der Waals surface area contributed by atoms with Crippen molar-refractivity contribution in [2.45, 2.75) is 31.8 Å². The number of hydrogen-bond donors (Lipinski definition) is 1. The molecule has 7 nitrogen and oxygen atoms in total. The van der Waals surface area contributed by atoms with Gasteiger partial charge >= 0.3 is 5.69 Å². The number of nitrogens with zero attached hydrogens (tertiary/aromatic N) is 3. The van der Waals surface area contributed by atoms with Gasteiger partial charge in [0.2, 0.25) is 5.91 Å². The van der Waals surface area contributed by atoms with Crippen LogP contribution in [-0.4, -0.2) is 71.2 Å². The molecule has 2 bridgehead atoms. The highest BCUT2D eigenvalue weighted by atomic mass is 16.5. The lowest BCUT2D eigenvalue weighted by atomic mass is 9.95. The number of rotatable bonds is 6. The highest BCUT2D eigenvalue weighted by molar-refractivity contribution is 5.77. The molecule has 0 spiro atoms. The van der Waals surface area contributed by atoms with Crippen LogP contribution in [0, 0.1) is 5.92 Å². The Kier molecular flexibility index (Phi) is 5.31. The number of nitrogens with one attached hydrogen (secondary N) is 1. The summed E-state index contributed by atoms with van der Waals surface area (Å²) < 4.78 is 6.91. The molecular formula is C20H28N4O3. The summed E-state index contributed by atoms with van der Waals surface area (Å²) in [6.07, 6.45) is 2.71. The SMILES string of the molecule is COCCN1C[C@H]2CC[C@@H]1CN(C(=O)CCn1c(=O)[nH]c3ccccc31)C2. The van der Waals surface area contributed by atoms with E-state index < -0.39 is 0 Å². The Hall–Kier alpha value is -2.12. The fourth-order valence-corrected chi connectivity index (χ4v) is 4.56. The molecule has 0 unspecified atom stereocenters. The van der Waals surface area contributed by atoms with E-state index in [1.54, 1.807) is 11.7 Å². The van der Waals surface area contributed by atoms with Crippen molar-refractivity contribution < 1.29 is 9.53 Å². The van der Waals surface area contributed by atoms with E-state index in [9.17, 15) is 9.59 Å². The van der Waals surface area contributed by atoms with E-state index in [-0.39, 0.29) is 11.6 Å². The third kappa shape index (κ3) is 3.80. The van der Waals surface area contributed by atoms with Gasteiger partial charge in [0.15, 0.2) is 0 Å². The van der Waals surface area contributed by atoms with Gasteiger partial charge in [0.05, 0.1) is 17.6 Å². The predicted molar refractivity (Wildman–Crippen MR) is 104 cm³/mol. The average Bonchev–Trinajstić information content (AvgIpc) is 2.81. The summed E-state index contributed by atoms with van der Waals surface area (Å²) in [6.45, 7) is 4.77. The summed E-state index contributed by atoms with van der Waals surface area (Å²) in [5.74, 6) is 0.693. The smallest absolute Gasteiger partial charge is 0.326 e. The fraction of sp³-hybridized carbons (Fsp3) is 0.600. The second-order valence-corrected chi connectivity index (χ2v) is 7.73. The van der Waals surface area contributed by atoms with Crippen molar-refractivity contribution >= 4 is 16.9 Å². The first-order valence-electron chi connectivity index (χ1n) is 9.84. The first-order valence-corrected chi connectivity index (χ1v) is 9.84. The summed E-state index contributed by atoms with van der Waals surface area (Å²) >= 11 is 0. The van der Waals surface area contributed by atoms with Gasteiger partial charge in [0.1, 0.15) is 0 Å². The molecule has 0 aliphatic carbocycles. The number of ether oxygens (including phenoxy) is 1. The molecular weight excluding hydrogens is 344 g/mol. The quantitative estimate of drug-likeness (QED) is 0.830. The first-order chi connectivity index (χ1) is 13.2. The summed E-state index contributed by atoms with van der Waals surface area (Å²) in [6, 6.07) is 8.04. The number of carbonyl (C=O) groups is 1. The number of para-hydroxylation sites is 2. The molecule has 27 heavy (non-hydrogen) atoms. The number of methoxy groups -OCH3 is 1. The van der Waals surface area contributed by atoms with Crippen molar-refractivity contribution in [2.24, 2.45) is 5.92 Å². The van der Waals surface area contributed by atoms with Crippen molar-refractivity contribution in [3.63, 3.8) is 0 Å². The molecule has 146 valence electrons. The second-order valence-electron chi connectivity index (χ2n) is 7.73. The number of fused-ring (bicyclic) bond motifs is 5. The molecule has 0 radical (unpaired) electrons. The number of aromatic nitrogens is 2. The van der Waals surface area contributed by atoms with E-state index in [4.69, 9.17) is 4.74 Å². The minimum atomic E-state index is -0.148. The molecule has 0 saturated carbocycles. The Bertz CT molecular complexity index is 858. The Labute approximate surface area is 158 Å². The maximum Gasteiger partial charge on any atom is 0.326 e. The highest BCUT2D eigenvalue weighted by Crippen LogP contribution is 2.28. The maximum atomic E-state index is 12.9. The van der Waals surface area contributed by atoms with Crippen LogP contribution in [0.1, 0.15) is 19.3 Å². The second kappa shape index (κ2) is 7.86. The number of H-pyrrole nitrogens is 1. The van der Waals surface area contributed by atoms with Gasteiger partial charge in [-0.05, 0) is 30.9 Å². The van der Waals surface area contributed by atoms with Crippen LogP contribution < -0.4 is 5.69 Å². The molecule has 7 heteroatoms. The average molecular weight is 372 g/mol. The topological polar surface area (TPSA) is 70.6 Å². The van der Waals surface area contributed by atoms with Crippen molar-refractivity contribution in [3.05, 3.63) is 34.7 Å². The van der Waals surface area contributed by atoms with Gasteiger partial charge in [-0.25, -0.2) is 4.79 Å². The molecule has 2 atom stereocenters. The first kappa shape index (κ1) is 18.3. The van der Waals surface area contributed by atoms with Crippen LogP contribution in [0.3, 0.4) is 0 Å². The Morgan fingerprint density at radius 1 is 1.19 bits per heavy atom. The zero-order chi connectivity index (χ0) is 18.8. The third-order valence-corrected chi connectivity index (χ3v) is 5.99. The monoisotopic (exact) mass is 372 g/mol. The third-order valence-electron chi connectivity index (χ3n) is 5.99. The van der Waals surface area contributed by atoms with Crippen LogP contribution in [0.15, 0.2) is 29.1 Å². The number of aryl methyl sites for hydroxylation is 1. The summed E-state index contributed by atoms with van der Waals surface area (Å²) in [5, 5.41) is 0. The molecule has 2 aromatic rings. The van der Waals surface area contributed by atoms with Gasteiger partial charge in [-0.3, -0.25) is 14.3 Å². The van der Waals surface area contributed by atoms with Gasteiger partial charge in [0.25, 0.3) is 0 Å². The van der Waals surface area contributed by atoms with Crippen LogP contribution >= 0.6 is 0 Å². The molecule has 3 fully saturated rings. The number of hydrogen-bond acceptors (Lipinski definition) is 4. The lowest BCUT2D eigenvalue weighted by Crippen LogP contribution is -2.45. The van der Waals surface area contributed by atoms with E-state index in [1.165, 1.54) is 6.42 Å². The van der Waals surface area contributed by atoms with Gasteiger partial charge in [-0.15, -0.1) is 0 Å². The maximum absolute atomic E-state index is 12.9. The molecule has 1 aromatic carbocycles. The van der Waals surface area contributed by atoms with E-state index >= 15 is 0 Å². The Morgan fingerprint density at radius 3 is 2.89 bits per heavy atom. The number of aromatic amines is 1. The molecule has 3 saturated heterocycles. The highest BCUT2D eigenvalue weighted by Gasteiger charge is 2.35. The van der Waals surface area contributed by atoms with Crippen molar-refractivity contribution in [2.75, 3.05) is 39.9 Å². The van der Waals surface area contributed by atoms with Crippen LogP contribution in [0.4, 0.5) is 0 Å². The lowest BCUT2D eigenvalue weighted by molar-refractivity contribution is -0.131. The summed E-state index contributed by atoms with van der Waals surface area (Å²) in [7, 11) is 1.73. The van der Waals surface area contributed by atoms with Gasteiger partial charge < -0.3 is 14.6 Å². The molecule has 5 rings (SSSR count). The minimum Gasteiger partial charge on any atom is -0.383 e. The normalized spacial score (nSPS) is 23.1. The number of imidazole rings is 1. The number of amides is 1. The Balaban J connectivity index is 1.41. The van der Waals surface area contributed by atoms with Crippen LogP contribution in [-0.2, 0) is 16.1 Å². The van der Waals surface area contributed by atoms with Crippen molar-refractivity contribution in [1.82, 2.24) is 19.4 Å². The molecule has 1 aromatic heterocycles. The number of benzene rings is 1. The Morgan fingerprint density at radius 2 is 2.04 bits per heavy atom. The van der Waals surface area contributed by atoms with E-state index in [1.807, 2.05) is 29.2 Å². The molecule has 3 aliphatic heterocycles. The largest absolute Gasteiger partial charge is 0.383 e. The summed E-state index contributed by atoms with van der Waals surface area (Å²) in [4.78, 5) is 32.5. The fourth-order valence-electron chi connectivity index (χ4n) is 4.56. The number of piperidine rings is 1. The number of carbonyl (C=O) groups excluding carboxylic acids is 1. The van der Waals surface area contributed by atoms with Crippen LogP contribution in [0.25, 0.3) is 11.0 Å². The lowest BCUT2D eigenvalue weighted by Gasteiger charge is -2.35. The molecule has 1 N–H and O–H groups in total. The molecule has 4 heterocycles. The van der Waals surface area contributed by atoms with Gasteiger partial charge in [0, 0.05) is 52.3 Å². The van der Waals surface area contributed by atoms with Crippen molar-refractivity contribution in [1.29, 1.82) is 0 Å². The van der Waals surface area contributed by atoms with Gasteiger partial charge in [-0.2, -0.15) is 0 Å². The zero-order valence-corrected chi connectivity index (χ0v) is 15.9. The van der Waals surface area contributed by atoms with Crippen molar-refractivity contribution in [3.8, 4) is 0 Å². The standard InChI is InChI=1S/C20H28N4O3/c1-27-11-10-22-12-15-6-7-16(22)14-23(13-15)19(25)8-9-24-18-5-3-2-4-17(18)21-20(24)26/h2-5,15-16H,6-14H2,1H3,(H,21,26)/t15-,16-/m1/s1. The zero-order valence-electron chi connectivity index (χ0n) is 15.9. The predicted octanol–water partition coefficient (Wildman–Crippen LogP) is 1.29. The summed E-state index contributed by atoms with van der Waals surface area (Å²) in [5.41, 5.74) is 1.53. The van der Waals surface area contributed by atoms with Gasteiger partial charge in [-0.1, -0.05) is 12.1 Å². The van der Waals surface area contributed by atoms with Crippen LogP contribution in [0.5, 0.6) is 0 Å². The minimum absolute atomic E-state index is 0.148. The van der Waals surface area contributed by atoms with E-state index in [0.29, 0.717) is 24.9 Å². The van der Waals surface area contributed by atoms with Crippen LogP contribution in [0.2, 0.25) is 0 Å². The van der Waals surface area contributed by atoms with E-state index in [0.717, 1.165) is 50.2 Å².